The molecule has 0 aliphatic heterocycles. The Balaban J connectivity index is 2.88. The molecule has 2 heteroatoms. The minimum Gasteiger partial charge on any atom is -0.378 e. The fourth-order valence-corrected chi connectivity index (χ4v) is 1.37. The van der Waals surface area contributed by atoms with Crippen molar-refractivity contribution in [1.29, 1.82) is 0 Å². The molecular weight excluding hydrogens is 174 g/mol. The van der Waals surface area contributed by atoms with Gasteiger partial charge in [-0.2, -0.15) is 0 Å². The monoisotopic (exact) mass is 191 g/mol. The largest absolute Gasteiger partial charge is 0.378 e. The zero-order valence-electron chi connectivity index (χ0n) is 9.27. The van der Waals surface area contributed by atoms with Crippen LogP contribution in [-0.4, -0.2) is 12.3 Å². The lowest BCUT2D eigenvalue weighted by molar-refractivity contribution is -0.115. The molecule has 0 atom stereocenters. The van der Waals surface area contributed by atoms with Crippen LogP contribution in [0, 0.1) is 20.8 Å². The summed E-state index contributed by atoms with van der Waals surface area (Å²) in [5.74, 6) is 0.155. The number of benzene rings is 1. The van der Waals surface area contributed by atoms with Crippen LogP contribution in [0.15, 0.2) is 12.1 Å². The minimum absolute atomic E-state index is 0.155. The van der Waals surface area contributed by atoms with Crippen LogP contribution in [0.4, 0.5) is 5.69 Å². The predicted octanol–water partition coefficient (Wildman–Crippen LogP) is 2.61. The third kappa shape index (κ3) is 2.34. The molecule has 0 spiro atoms. The van der Waals surface area contributed by atoms with E-state index in [1.807, 2.05) is 6.07 Å². The van der Waals surface area contributed by atoms with Crippen LogP contribution >= 0.6 is 0 Å². The Morgan fingerprint density at radius 3 is 2.43 bits per heavy atom. The van der Waals surface area contributed by atoms with Gasteiger partial charge in [-0.05, 0) is 50.5 Å². The maximum Gasteiger partial charge on any atom is 0.148 e. The SMILES string of the molecule is CC(=O)CNc1ccc(C)c(C)c1C. The first-order valence-electron chi connectivity index (χ1n) is 4.82. The van der Waals surface area contributed by atoms with Gasteiger partial charge < -0.3 is 5.32 Å². The van der Waals surface area contributed by atoms with E-state index in [-0.39, 0.29) is 5.78 Å². The molecule has 0 amide bonds. The van der Waals surface area contributed by atoms with Crippen LogP contribution in [0.3, 0.4) is 0 Å². The molecule has 1 rings (SSSR count). The van der Waals surface area contributed by atoms with Crippen molar-refractivity contribution in [1.82, 2.24) is 0 Å². The second kappa shape index (κ2) is 4.27. The minimum atomic E-state index is 0.155. The molecule has 0 heterocycles. The molecule has 1 N–H and O–H groups in total. The normalized spacial score (nSPS) is 10.0. The van der Waals surface area contributed by atoms with Crippen molar-refractivity contribution in [2.75, 3.05) is 11.9 Å². The number of hydrogen-bond acceptors (Lipinski definition) is 2. The van der Waals surface area contributed by atoms with Crippen LogP contribution in [0.1, 0.15) is 23.6 Å². The van der Waals surface area contributed by atoms with Gasteiger partial charge in [0, 0.05) is 5.69 Å². The van der Waals surface area contributed by atoms with Gasteiger partial charge in [-0.3, -0.25) is 4.79 Å². The second-order valence-electron chi connectivity index (χ2n) is 3.74. The zero-order chi connectivity index (χ0) is 10.7. The van der Waals surface area contributed by atoms with Crippen molar-refractivity contribution >= 4 is 11.5 Å². The van der Waals surface area contributed by atoms with E-state index in [0.717, 1.165) is 5.69 Å². The van der Waals surface area contributed by atoms with Gasteiger partial charge in [-0.15, -0.1) is 0 Å². The molecule has 0 aromatic heterocycles. The quantitative estimate of drug-likeness (QED) is 0.795. The number of nitrogens with one attached hydrogen (secondary N) is 1. The molecule has 76 valence electrons. The van der Waals surface area contributed by atoms with Gasteiger partial charge in [0.2, 0.25) is 0 Å². The van der Waals surface area contributed by atoms with Gasteiger partial charge in [0.25, 0.3) is 0 Å². The molecule has 0 fully saturated rings. The highest BCUT2D eigenvalue weighted by Gasteiger charge is 2.03. The van der Waals surface area contributed by atoms with Crippen LogP contribution in [0.2, 0.25) is 0 Å². The number of hydrogen-bond donors (Lipinski definition) is 1. The van der Waals surface area contributed by atoms with E-state index in [1.54, 1.807) is 6.92 Å². The molecule has 0 radical (unpaired) electrons. The molecule has 0 aliphatic rings. The topological polar surface area (TPSA) is 29.1 Å². The first-order chi connectivity index (χ1) is 6.52. The number of anilines is 1. The maximum absolute atomic E-state index is 10.8. The second-order valence-corrected chi connectivity index (χ2v) is 3.74. The lowest BCUT2D eigenvalue weighted by Gasteiger charge is -2.12. The Morgan fingerprint density at radius 1 is 1.21 bits per heavy atom. The van der Waals surface area contributed by atoms with Crippen molar-refractivity contribution in [2.45, 2.75) is 27.7 Å². The van der Waals surface area contributed by atoms with Gasteiger partial charge in [-0.25, -0.2) is 0 Å². The summed E-state index contributed by atoms with van der Waals surface area (Å²) in [5, 5.41) is 3.13. The Hall–Kier alpha value is -1.31. The Labute approximate surface area is 85.3 Å². The van der Waals surface area contributed by atoms with Gasteiger partial charge in [0.1, 0.15) is 5.78 Å². The van der Waals surface area contributed by atoms with Gasteiger partial charge in [0.15, 0.2) is 0 Å². The number of ketones is 1. The first-order valence-corrected chi connectivity index (χ1v) is 4.82. The Morgan fingerprint density at radius 2 is 1.86 bits per heavy atom. The molecule has 0 aliphatic carbocycles. The number of rotatable bonds is 3. The standard InChI is InChI=1S/C12H17NO/c1-8-5-6-12(11(4)10(8)3)13-7-9(2)14/h5-6,13H,7H2,1-4H3. The number of carbonyl (C=O) groups excluding carboxylic acids is 1. The lowest BCUT2D eigenvalue weighted by Crippen LogP contribution is -2.11. The van der Waals surface area contributed by atoms with Crippen molar-refractivity contribution < 1.29 is 4.79 Å². The average molecular weight is 191 g/mol. The molecular formula is C12H17NO. The van der Waals surface area contributed by atoms with E-state index >= 15 is 0 Å². The fourth-order valence-electron chi connectivity index (χ4n) is 1.37. The van der Waals surface area contributed by atoms with Crippen molar-refractivity contribution in [2.24, 2.45) is 0 Å². The predicted molar refractivity (Wildman–Crippen MR) is 59.8 cm³/mol. The molecule has 0 saturated heterocycles. The van der Waals surface area contributed by atoms with E-state index in [4.69, 9.17) is 0 Å². The highest BCUT2D eigenvalue weighted by Crippen LogP contribution is 2.21. The van der Waals surface area contributed by atoms with E-state index in [9.17, 15) is 4.79 Å². The smallest absolute Gasteiger partial charge is 0.148 e. The van der Waals surface area contributed by atoms with Gasteiger partial charge in [-0.1, -0.05) is 6.07 Å². The van der Waals surface area contributed by atoms with Crippen LogP contribution in [0.5, 0.6) is 0 Å². The zero-order valence-corrected chi connectivity index (χ0v) is 9.27. The summed E-state index contributed by atoms with van der Waals surface area (Å²) >= 11 is 0. The number of Topliss-reactive ketones (excluding diaryl/α,β-unsaturated/α-hetero) is 1. The van der Waals surface area contributed by atoms with E-state index in [0.29, 0.717) is 6.54 Å². The molecule has 1 aromatic carbocycles. The molecule has 0 bridgehead atoms. The molecule has 1 aromatic rings. The van der Waals surface area contributed by atoms with Crippen LogP contribution in [0.25, 0.3) is 0 Å². The summed E-state index contributed by atoms with van der Waals surface area (Å²) in [4.78, 5) is 10.8. The summed E-state index contributed by atoms with van der Waals surface area (Å²) in [7, 11) is 0. The third-order valence-electron chi connectivity index (χ3n) is 2.59. The average Bonchev–Trinajstić information content (AvgIpc) is 2.13. The summed E-state index contributed by atoms with van der Waals surface area (Å²) in [6.45, 7) is 8.26. The summed E-state index contributed by atoms with van der Waals surface area (Å²) in [6.07, 6.45) is 0. The summed E-state index contributed by atoms with van der Waals surface area (Å²) in [6, 6.07) is 4.10. The Bertz CT molecular complexity index is 356. The highest BCUT2D eigenvalue weighted by atomic mass is 16.1. The first kappa shape index (κ1) is 10.8. The molecule has 0 saturated carbocycles. The van der Waals surface area contributed by atoms with Gasteiger partial charge >= 0.3 is 0 Å². The highest BCUT2D eigenvalue weighted by molar-refractivity contribution is 5.80. The fraction of sp³-hybridized carbons (Fsp3) is 0.417. The third-order valence-corrected chi connectivity index (χ3v) is 2.59. The Kier molecular flexibility index (Phi) is 3.28. The van der Waals surface area contributed by atoms with Crippen molar-refractivity contribution in [3.63, 3.8) is 0 Å². The number of aryl methyl sites for hydroxylation is 1. The lowest BCUT2D eigenvalue weighted by atomic mass is 10.0. The maximum atomic E-state index is 10.8. The van der Waals surface area contributed by atoms with Crippen molar-refractivity contribution in [3.05, 3.63) is 28.8 Å². The molecule has 0 unspecified atom stereocenters. The summed E-state index contributed by atoms with van der Waals surface area (Å²) in [5.41, 5.74) is 4.86. The van der Waals surface area contributed by atoms with Gasteiger partial charge in [0.05, 0.1) is 6.54 Å². The molecule has 14 heavy (non-hydrogen) atoms. The van der Waals surface area contributed by atoms with Crippen LogP contribution in [-0.2, 0) is 4.79 Å². The number of carbonyl (C=O) groups is 1. The van der Waals surface area contributed by atoms with E-state index in [1.165, 1.54) is 16.7 Å². The summed E-state index contributed by atoms with van der Waals surface area (Å²) < 4.78 is 0. The molecule has 2 nitrogen and oxygen atoms in total. The van der Waals surface area contributed by atoms with E-state index in [2.05, 4.69) is 32.2 Å². The van der Waals surface area contributed by atoms with Crippen molar-refractivity contribution in [3.8, 4) is 0 Å². The van der Waals surface area contributed by atoms with E-state index < -0.39 is 0 Å². The van der Waals surface area contributed by atoms with Crippen LogP contribution < -0.4 is 5.32 Å².